The summed E-state index contributed by atoms with van der Waals surface area (Å²) in [6.45, 7) is 4.31. The highest BCUT2D eigenvalue weighted by Gasteiger charge is 2.53. The van der Waals surface area contributed by atoms with Gasteiger partial charge in [-0.2, -0.15) is 0 Å². The van der Waals surface area contributed by atoms with Crippen LogP contribution in [0.2, 0.25) is 0 Å². The van der Waals surface area contributed by atoms with Crippen molar-refractivity contribution in [2.75, 3.05) is 13.7 Å². The van der Waals surface area contributed by atoms with Crippen molar-refractivity contribution in [3.63, 3.8) is 0 Å². The summed E-state index contributed by atoms with van der Waals surface area (Å²) in [5.41, 5.74) is 6.66. The molecule has 1 aromatic carbocycles. The van der Waals surface area contributed by atoms with Crippen molar-refractivity contribution in [3.8, 4) is 5.75 Å². The molecule has 0 saturated heterocycles. The second kappa shape index (κ2) is 8.56. The van der Waals surface area contributed by atoms with Gasteiger partial charge in [-0.25, -0.2) is 4.99 Å². The van der Waals surface area contributed by atoms with Gasteiger partial charge in [0.15, 0.2) is 5.96 Å². The van der Waals surface area contributed by atoms with Crippen molar-refractivity contribution in [3.05, 3.63) is 29.8 Å². The molecule has 2 amide bonds. The predicted octanol–water partition coefficient (Wildman–Crippen LogP) is 2.92. The molecule has 1 spiro atoms. The van der Waals surface area contributed by atoms with Gasteiger partial charge in [0.25, 0.3) is 0 Å². The summed E-state index contributed by atoms with van der Waals surface area (Å²) in [5.74, 6) is 1.04. The lowest BCUT2D eigenvalue weighted by Gasteiger charge is -2.48. The van der Waals surface area contributed by atoms with Crippen LogP contribution in [0.15, 0.2) is 29.3 Å². The number of methoxy groups -OCH3 is 1. The van der Waals surface area contributed by atoms with E-state index in [0.29, 0.717) is 19.4 Å². The predicted molar refractivity (Wildman–Crippen MR) is 128 cm³/mol. The van der Waals surface area contributed by atoms with E-state index >= 15 is 0 Å². The Hall–Kier alpha value is -2.61. The Labute approximate surface area is 201 Å². The van der Waals surface area contributed by atoms with Gasteiger partial charge in [-0.05, 0) is 57.9 Å². The van der Waals surface area contributed by atoms with Crippen LogP contribution in [0.3, 0.4) is 0 Å². The number of benzene rings is 1. The quantitative estimate of drug-likeness (QED) is 0.640. The van der Waals surface area contributed by atoms with Crippen molar-refractivity contribution in [2.45, 2.75) is 82.0 Å². The fraction of sp³-hybridized carbons (Fsp3) is 0.654. The molecule has 0 bridgehead atoms. The first-order valence-corrected chi connectivity index (χ1v) is 12.5. The van der Waals surface area contributed by atoms with Gasteiger partial charge in [0.2, 0.25) is 11.8 Å². The number of hydrogen-bond donors (Lipinski definition) is 2. The summed E-state index contributed by atoms with van der Waals surface area (Å²) in [4.78, 5) is 32.6. The molecular weight excluding hydrogens is 432 g/mol. The lowest BCUT2D eigenvalue weighted by molar-refractivity contribution is -0.132. The number of carbonyl (C=O) groups excluding carboxylic acids is 2. The molecule has 0 radical (unpaired) electrons. The zero-order valence-corrected chi connectivity index (χ0v) is 20.4. The Morgan fingerprint density at radius 1 is 1.35 bits per heavy atom. The fourth-order valence-corrected chi connectivity index (χ4v) is 5.96. The first-order chi connectivity index (χ1) is 16.2. The average Bonchev–Trinajstić information content (AvgIpc) is 3.54. The highest BCUT2D eigenvalue weighted by molar-refractivity contribution is 5.99. The number of nitrogens with two attached hydrogens (primary N) is 1. The molecule has 4 aliphatic rings. The van der Waals surface area contributed by atoms with E-state index in [-0.39, 0.29) is 47.3 Å². The van der Waals surface area contributed by atoms with Crippen molar-refractivity contribution >= 4 is 17.8 Å². The van der Waals surface area contributed by atoms with Gasteiger partial charge in [0, 0.05) is 37.7 Å². The molecule has 5 rings (SSSR count). The van der Waals surface area contributed by atoms with E-state index in [2.05, 4.69) is 10.3 Å². The van der Waals surface area contributed by atoms with Crippen LogP contribution in [-0.4, -0.2) is 53.6 Å². The molecule has 34 heavy (non-hydrogen) atoms. The first kappa shape index (κ1) is 23.1. The maximum atomic E-state index is 13.4. The zero-order chi connectivity index (χ0) is 24.1. The van der Waals surface area contributed by atoms with Gasteiger partial charge in [0.1, 0.15) is 11.4 Å². The first-order valence-electron chi connectivity index (χ1n) is 12.5. The van der Waals surface area contributed by atoms with E-state index in [9.17, 15) is 9.59 Å². The van der Waals surface area contributed by atoms with Gasteiger partial charge < -0.3 is 20.5 Å². The molecule has 0 unspecified atom stereocenters. The topological polar surface area (TPSA) is 106 Å². The van der Waals surface area contributed by atoms with Crippen LogP contribution in [0.5, 0.6) is 5.75 Å². The molecule has 4 atom stereocenters. The number of fused-ring (bicyclic) bond motifs is 1. The van der Waals surface area contributed by atoms with Crippen LogP contribution >= 0.6 is 0 Å². The molecule has 2 fully saturated rings. The summed E-state index contributed by atoms with van der Waals surface area (Å²) in [7, 11) is 1.64. The van der Waals surface area contributed by atoms with E-state index in [1.165, 1.54) is 6.42 Å². The lowest BCUT2D eigenvalue weighted by Crippen LogP contribution is -2.55. The van der Waals surface area contributed by atoms with Gasteiger partial charge in [-0.3, -0.25) is 14.5 Å². The van der Waals surface area contributed by atoms with E-state index in [1.54, 1.807) is 12.0 Å². The highest BCUT2D eigenvalue weighted by Crippen LogP contribution is 2.50. The minimum Gasteiger partial charge on any atom is -0.487 e. The molecule has 8 nitrogen and oxygen atoms in total. The molecule has 1 aromatic rings. The molecule has 3 N–H and O–H groups in total. The lowest BCUT2D eigenvalue weighted by atomic mass is 9.73. The number of rotatable bonds is 7. The third kappa shape index (κ3) is 4.28. The van der Waals surface area contributed by atoms with E-state index in [0.717, 1.165) is 37.0 Å². The number of guanidine groups is 1. The Balaban J connectivity index is 1.31. The minimum absolute atomic E-state index is 0.0325. The summed E-state index contributed by atoms with van der Waals surface area (Å²) in [6, 6.07) is 7.77. The second-order valence-electron chi connectivity index (χ2n) is 11.0. The second-order valence-corrected chi connectivity index (χ2v) is 11.0. The number of para-hydroxylation sites is 1. The van der Waals surface area contributed by atoms with Crippen LogP contribution in [0.1, 0.15) is 70.4 Å². The van der Waals surface area contributed by atoms with Gasteiger partial charge in [0.05, 0.1) is 18.0 Å². The number of hydrogen-bond acceptors (Lipinski definition) is 6. The fourth-order valence-electron chi connectivity index (χ4n) is 5.96. The Morgan fingerprint density at radius 3 is 2.79 bits per heavy atom. The van der Waals surface area contributed by atoms with Crippen molar-refractivity contribution < 1.29 is 19.1 Å². The minimum atomic E-state index is -0.502. The van der Waals surface area contributed by atoms with Crippen LogP contribution in [0, 0.1) is 11.8 Å². The number of carbonyl (C=O) groups is 2. The highest BCUT2D eigenvalue weighted by atomic mass is 16.5. The molecule has 8 heteroatoms. The van der Waals surface area contributed by atoms with Gasteiger partial charge >= 0.3 is 0 Å². The van der Waals surface area contributed by atoms with Crippen LogP contribution in [0.4, 0.5) is 0 Å². The number of nitrogens with one attached hydrogen (secondary N) is 1. The Bertz CT molecular complexity index is 1000. The van der Waals surface area contributed by atoms with Crippen molar-refractivity contribution in [1.82, 2.24) is 10.2 Å². The molecule has 2 aliphatic carbocycles. The summed E-state index contributed by atoms with van der Waals surface area (Å²) < 4.78 is 11.6. The molecule has 2 heterocycles. The number of aliphatic imine (C=N–C) groups is 1. The zero-order valence-electron chi connectivity index (χ0n) is 20.4. The molecule has 0 aromatic heterocycles. The number of nitrogens with zero attached hydrogens (tertiary/aromatic N) is 2. The normalized spacial score (nSPS) is 29.4. The largest absolute Gasteiger partial charge is 0.487 e. The smallest absolute Gasteiger partial charge is 0.231 e. The maximum Gasteiger partial charge on any atom is 0.231 e. The molecule has 2 aliphatic heterocycles. The number of amides is 2. The SMILES string of the molecule is COCC[C@H]([C@H]1C[C@@H]1C(=O)N[C@H]1CC2(CCC2)Oc2ccccc21)N1C(=O)CC(C)(C)N=C1N. The maximum absolute atomic E-state index is 13.4. The average molecular weight is 469 g/mol. The van der Waals surface area contributed by atoms with Crippen LogP contribution in [-0.2, 0) is 14.3 Å². The van der Waals surface area contributed by atoms with E-state index in [4.69, 9.17) is 15.2 Å². The monoisotopic (exact) mass is 468 g/mol. The standard InChI is InChI=1S/C26H36N4O4/c1-25(2)15-22(31)30(24(27)29-25)20(9-12-33-3)17-13-18(17)23(32)28-19-14-26(10-6-11-26)34-21-8-5-4-7-16(19)21/h4-5,7-8,17-20H,6,9-15H2,1-3H3,(H2,27,29)(H,28,32)/t17-,18-,19-,20+/m0/s1. The van der Waals surface area contributed by atoms with E-state index in [1.807, 2.05) is 38.1 Å². The number of ether oxygens (including phenoxy) is 2. The summed E-state index contributed by atoms with van der Waals surface area (Å²) in [5, 5.41) is 3.32. The third-order valence-corrected chi connectivity index (χ3v) is 7.92. The van der Waals surface area contributed by atoms with E-state index < -0.39 is 5.54 Å². The van der Waals surface area contributed by atoms with Crippen molar-refractivity contribution in [2.24, 2.45) is 22.6 Å². The Kier molecular flexibility index (Phi) is 5.82. The molecular formula is C26H36N4O4. The summed E-state index contributed by atoms with van der Waals surface area (Å²) >= 11 is 0. The third-order valence-electron chi connectivity index (χ3n) is 7.92. The van der Waals surface area contributed by atoms with Crippen LogP contribution in [0.25, 0.3) is 0 Å². The van der Waals surface area contributed by atoms with Gasteiger partial charge in [-0.1, -0.05) is 18.2 Å². The van der Waals surface area contributed by atoms with Crippen molar-refractivity contribution in [1.29, 1.82) is 0 Å². The molecule has 184 valence electrons. The van der Waals surface area contributed by atoms with Gasteiger partial charge in [-0.15, -0.1) is 0 Å². The Morgan fingerprint density at radius 2 is 2.12 bits per heavy atom. The van der Waals surface area contributed by atoms with Crippen LogP contribution < -0.4 is 15.8 Å². The molecule has 2 saturated carbocycles. The summed E-state index contributed by atoms with van der Waals surface area (Å²) in [6.07, 6.45) is 5.70.